The van der Waals surface area contributed by atoms with Gasteiger partial charge in [0.2, 0.25) is 0 Å². The van der Waals surface area contributed by atoms with E-state index in [0.717, 1.165) is 51.4 Å². The van der Waals surface area contributed by atoms with Gasteiger partial charge in [0, 0.05) is 11.8 Å². The Kier molecular flexibility index (Phi) is 4.60. The van der Waals surface area contributed by atoms with Crippen molar-refractivity contribution in [1.29, 1.82) is 0 Å². The number of hydrogen-bond acceptors (Lipinski definition) is 5. The van der Waals surface area contributed by atoms with Crippen molar-refractivity contribution in [2.24, 2.45) is 23.2 Å². The Morgan fingerprint density at radius 3 is 2.31 bits per heavy atom. The van der Waals surface area contributed by atoms with Crippen LogP contribution in [0, 0.1) is 23.2 Å². The number of carbonyl (C=O) groups excluding carboxylic acids is 3. The predicted octanol–water partition coefficient (Wildman–Crippen LogP) is 3.58. The number of rotatable bonds is 5. The van der Waals surface area contributed by atoms with Gasteiger partial charge in [-0.05, 0) is 70.1 Å². The Morgan fingerprint density at radius 2 is 1.69 bits per heavy atom. The average molecular weight is 362 g/mol. The second-order valence-electron chi connectivity index (χ2n) is 9.17. The summed E-state index contributed by atoms with van der Waals surface area (Å²) in [5, 5.41) is 0. The van der Waals surface area contributed by atoms with Crippen LogP contribution >= 0.6 is 0 Å². The molecule has 2 atom stereocenters. The molecule has 5 nitrogen and oxygen atoms in total. The molecule has 5 fully saturated rings. The van der Waals surface area contributed by atoms with E-state index in [-0.39, 0.29) is 30.0 Å². The normalized spacial score (nSPS) is 37.4. The maximum Gasteiger partial charge on any atom is 0.344 e. The van der Waals surface area contributed by atoms with E-state index >= 15 is 0 Å². The Hall–Kier alpha value is -1.39. The Labute approximate surface area is 155 Å². The zero-order valence-corrected chi connectivity index (χ0v) is 15.8. The molecule has 0 spiro atoms. The fourth-order valence-electron chi connectivity index (χ4n) is 6.27. The molecule has 0 amide bonds. The van der Waals surface area contributed by atoms with Crippen LogP contribution in [-0.2, 0) is 23.9 Å². The van der Waals surface area contributed by atoms with Gasteiger partial charge in [0.15, 0.2) is 6.61 Å². The van der Waals surface area contributed by atoms with Crippen LogP contribution < -0.4 is 0 Å². The number of carbonyl (C=O) groups is 3. The molecule has 0 aromatic heterocycles. The smallest absolute Gasteiger partial charge is 0.344 e. The van der Waals surface area contributed by atoms with Gasteiger partial charge in [-0.1, -0.05) is 13.3 Å². The topological polar surface area (TPSA) is 69.7 Å². The third-order valence-electron chi connectivity index (χ3n) is 7.49. The van der Waals surface area contributed by atoms with E-state index in [0.29, 0.717) is 24.5 Å². The van der Waals surface area contributed by atoms with Gasteiger partial charge in [-0.3, -0.25) is 9.59 Å². The van der Waals surface area contributed by atoms with Crippen molar-refractivity contribution < 1.29 is 23.9 Å². The zero-order valence-electron chi connectivity index (χ0n) is 15.8. The summed E-state index contributed by atoms with van der Waals surface area (Å²) in [4.78, 5) is 37.4. The minimum atomic E-state index is -0.530. The van der Waals surface area contributed by atoms with Crippen molar-refractivity contribution in [2.45, 2.75) is 83.2 Å². The van der Waals surface area contributed by atoms with Crippen LogP contribution in [0.1, 0.15) is 77.6 Å². The van der Waals surface area contributed by atoms with Gasteiger partial charge in [0.05, 0.1) is 5.41 Å². The van der Waals surface area contributed by atoms with Crippen LogP contribution in [0.3, 0.4) is 0 Å². The Morgan fingerprint density at radius 1 is 1.04 bits per heavy atom. The molecule has 5 saturated carbocycles. The zero-order chi connectivity index (χ0) is 18.4. The summed E-state index contributed by atoms with van der Waals surface area (Å²) in [6, 6.07) is 0. The van der Waals surface area contributed by atoms with Crippen LogP contribution in [0.2, 0.25) is 0 Å². The Balaban J connectivity index is 1.34. The van der Waals surface area contributed by atoms with Gasteiger partial charge in [-0.2, -0.15) is 0 Å². The molecule has 0 saturated heterocycles. The lowest BCUT2D eigenvalue weighted by molar-refractivity contribution is -0.184. The number of esters is 2. The Bertz CT molecular complexity index is 586. The van der Waals surface area contributed by atoms with Crippen molar-refractivity contribution >= 4 is 17.7 Å². The monoisotopic (exact) mass is 362 g/mol. The molecule has 0 N–H and O–H groups in total. The first kappa shape index (κ1) is 18.0. The van der Waals surface area contributed by atoms with Crippen molar-refractivity contribution in [1.82, 2.24) is 0 Å². The minimum absolute atomic E-state index is 0.0337. The van der Waals surface area contributed by atoms with Crippen LogP contribution in [-0.4, -0.2) is 29.9 Å². The summed E-state index contributed by atoms with van der Waals surface area (Å²) in [6.07, 6.45) is 9.90. The summed E-state index contributed by atoms with van der Waals surface area (Å²) >= 11 is 0. The van der Waals surface area contributed by atoms with E-state index in [1.54, 1.807) is 0 Å². The average Bonchev–Trinajstić information content (AvgIpc) is 2.64. The SMILES string of the molecule is CCC1(OC(=O)COC(=O)C23CC4CC(C2)C(=O)C(C4)C3)CCCCC1. The fourth-order valence-corrected chi connectivity index (χ4v) is 6.27. The highest BCUT2D eigenvalue weighted by molar-refractivity contribution is 5.90. The van der Waals surface area contributed by atoms with Crippen molar-refractivity contribution in [3.05, 3.63) is 0 Å². The molecular formula is C21H30O5. The molecule has 5 heteroatoms. The van der Waals surface area contributed by atoms with Gasteiger partial charge >= 0.3 is 11.9 Å². The maximum atomic E-state index is 12.8. The molecule has 26 heavy (non-hydrogen) atoms. The number of Topliss-reactive ketones (excluding diaryl/α,β-unsaturated/α-hetero) is 1. The van der Waals surface area contributed by atoms with Crippen molar-refractivity contribution in [3.63, 3.8) is 0 Å². The highest BCUT2D eigenvalue weighted by Crippen LogP contribution is 2.59. The van der Waals surface area contributed by atoms with Crippen LogP contribution in [0.4, 0.5) is 0 Å². The molecule has 0 radical (unpaired) electrons. The van der Waals surface area contributed by atoms with E-state index in [9.17, 15) is 14.4 Å². The maximum absolute atomic E-state index is 12.8. The van der Waals surface area contributed by atoms with E-state index in [2.05, 4.69) is 6.92 Å². The summed E-state index contributed by atoms with van der Waals surface area (Å²) < 4.78 is 11.2. The van der Waals surface area contributed by atoms with Crippen LogP contribution in [0.15, 0.2) is 0 Å². The van der Waals surface area contributed by atoms with Crippen LogP contribution in [0.5, 0.6) is 0 Å². The van der Waals surface area contributed by atoms with Crippen molar-refractivity contribution in [3.8, 4) is 0 Å². The number of ketones is 1. The molecule has 4 bridgehead atoms. The number of ether oxygens (including phenoxy) is 2. The summed E-state index contributed by atoms with van der Waals surface area (Å²) in [5.41, 5.74) is -0.896. The highest BCUT2D eigenvalue weighted by atomic mass is 16.6. The van der Waals surface area contributed by atoms with E-state index in [4.69, 9.17) is 9.47 Å². The lowest BCUT2D eigenvalue weighted by Crippen LogP contribution is -2.55. The third-order valence-corrected chi connectivity index (χ3v) is 7.49. The standard InChI is InChI=1S/C21H30O5/c1-2-21(6-4-3-5-7-21)26-17(22)13-25-19(24)20-10-14-8-15(11-20)18(23)16(9-14)12-20/h14-16H,2-13H2,1H3. The van der Waals surface area contributed by atoms with Crippen molar-refractivity contribution in [2.75, 3.05) is 6.61 Å². The highest BCUT2D eigenvalue weighted by Gasteiger charge is 2.59. The quantitative estimate of drug-likeness (QED) is 0.699. The van der Waals surface area contributed by atoms with Gasteiger partial charge in [0.25, 0.3) is 0 Å². The van der Waals surface area contributed by atoms with Gasteiger partial charge in [0.1, 0.15) is 11.4 Å². The van der Waals surface area contributed by atoms with E-state index in [1.165, 1.54) is 6.42 Å². The molecule has 2 unspecified atom stereocenters. The molecule has 0 aliphatic heterocycles. The predicted molar refractivity (Wildman–Crippen MR) is 94.2 cm³/mol. The molecule has 0 aromatic carbocycles. The first-order valence-corrected chi connectivity index (χ1v) is 10.4. The summed E-state index contributed by atoms with van der Waals surface area (Å²) in [7, 11) is 0. The number of hydrogen-bond donors (Lipinski definition) is 0. The minimum Gasteiger partial charge on any atom is -0.457 e. The molecule has 0 heterocycles. The van der Waals surface area contributed by atoms with Gasteiger partial charge in [-0.25, -0.2) is 4.79 Å². The van der Waals surface area contributed by atoms with Crippen LogP contribution in [0.25, 0.3) is 0 Å². The second-order valence-corrected chi connectivity index (χ2v) is 9.17. The molecule has 5 rings (SSSR count). The lowest BCUT2D eigenvalue weighted by Gasteiger charge is -2.53. The van der Waals surface area contributed by atoms with Gasteiger partial charge in [-0.15, -0.1) is 0 Å². The fraction of sp³-hybridized carbons (Fsp3) is 0.857. The third kappa shape index (κ3) is 3.07. The molecule has 5 aliphatic carbocycles. The molecule has 5 aliphatic rings. The summed E-state index contributed by atoms with van der Waals surface area (Å²) in [6.45, 7) is 1.76. The first-order valence-electron chi connectivity index (χ1n) is 10.4. The van der Waals surface area contributed by atoms with E-state index in [1.807, 2.05) is 0 Å². The van der Waals surface area contributed by atoms with Gasteiger partial charge < -0.3 is 9.47 Å². The molecule has 0 aromatic rings. The first-order chi connectivity index (χ1) is 12.5. The second kappa shape index (κ2) is 6.65. The summed E-state index contributed by atoms with van der Waals surface area (Å²) in [5.74, 6) is 0.178. The van der Waals surface area contributed by atoms with E-state index < -0.39 is 11.4 Å². The molecular weight excluding hydrogens is 332 g/mol. The largest absolute Gasteiger partial charge is 0.457 e. The molecule has 144 valence electrons. The lowest BCUT2D eigenvalue weighted by atomic mass is 9.49.